The van der Waals surface area contributed by atoms with Crippen LogP contribution in [0.3, 0.4) is 0 Å². The van der Waals surface area contributed by atoms with Crippen LogP contribution in [0, 0.1) is 0 Å². The van der Waals surface area contributed by atoms with Gasteiger partial charge in [-0.1, -0.05) is 26.0 Å². The van der Waals surface area contributed by atoms with Crippen molar-refractivity contribution in [3.05, 3.63) is 42.0 Å². The normalized spacial score (nSPS) is 11.8. The van der Waals surface area contributed by atoms with Crippen molar-refractivity contribution in [3.63, 3.8) is 0 Å². The van der Waals surface area contributed by atoms with Crippen molar-refractivity contribution < 1.29 is 8.42 Å². The maximum atomic E-state index is 12.4. The maximum absolute atomic E-state index is 12.4. The summed E-state index contributed by atoms with van der Waals surface area (Å²) >= 11 is 0. The molecule has 5 heteroatoms. The highest BCUT2D eigenvalue weighted by atomic mass is 32.2. The highest BCUT2D eigenvalue weighted by molar-refractivity contribution is 7.89. The van der Waals surface area contributed by atoms with Gasteiger partial charge in [0.1, 0.15) is 0 Å². The van der Waals surface area contributed by atoms with E-state index in [4.69, 9.17) is 0 Å². The molecule has 0 amide bonds. The summed E-state index contributed by atoms with van der Waals surface area (Å²) in [5.41, 5.74) is 2.22. The molecule has 0 radical (unpaired) electrons. The fourth-order valence-corrected chi connectivity index (χ4v) is 3.18. The van der Waals surface area contributed by atoms with Gasteiger partial charge in [-0.25, -0.2) is 8.42 Å². The van der Waals surface area contributed by atoms with Crippen LogP contribution >= 0.6 is 0 Å². The standard InChI is InChI=1S/C15H24N2O2S/c1-5-10-17(4)20(18,19)15-9-8-13(6-2)14(11-15)12-16-7-3/h5,8-9,11,16H,1,6-7,10,12H2,2-4H3. The number of sulfonamides is 1. The lowest BCUT2D eigenvalue weighted by Crippen LogP contribution is -2.27. The Morgan fingerprint density at radius 1 is 1.30 bits per heavy atom. The topological polar surface area (TPSA) is 49.4 Å². The van der Waals surface area contributed by atoms with Gasteiger partial charge >= 0.3 is 0 Å². The predicted molar refractivity (Wildman–Crippen MR) is 83.2 cm³/mol. The second kappa shape index (κ2) is 7.57. The zero-order valence-corrected chi connectivity index (χ0v) is 13.3. The monoisotopic (exact) mass is 296 g/mol. The number of rotatable bonds is 8. The Balaban J connectivity index is 3.16. The Hall–Kier alpha value is -1.17. The number of hydrogen-bond donors (Lipinski definition) is 1. The molecule has 20 heavy (non-hydrogen) atoms. The van der Waals surface area contributed by atoms with Crippen molar-refractivity contribution in [2.24, 2.45) is 0 Å². The van der Waals surface area contributed by atoms with Crippen LogP contribution in [0.4, 0.5) is 0 Å². The first-order valence-corrected chi connectivity index (χ1v) is 8.31. The number of hydrogen-bond acceptors (Lipinski definition) is 3. The molecule has 0 saturated carbocycles. The van der Waals surface area contributed by atoms with Crippen molar-refractivity contribution >= 4 is 10.0 Å². The lowest BCUT2D eigenvalue weighted by molar-refractivity contribution is 0.499. The summed E-state index contributed by atoms with van der Waals surface area (Å²) in [5, 5.41) is 3.25. The van der Waals surface area contributed by atoms with Crippen LogP contribution in [0.15, 0.2) is 35.7 Å². The van der Waals surface area contributed by atoms with E-state index in [-0.39, 0.29) is 0 Å². The number of benzene rings is 1. The molecule has 1 aromatic carbocycles. The summed E-state index contributed by atoms with van der Waals surface area (Å²) in [4.78, 5) is 0.340. The highest BCUT2D eigenvalue weighted by Crippen LogP contribution is 2.19. The van der Waals surface area contributed by atoms with Crippen molar-refractivity contribution in [2.75, 3.05) is 20.1 Å². The van der Waals surface area contributed by atoms with Gasteiger partial charge in [0.05, 0.1) is 4.90 Å². The molecule has 1 rings (SSSR count). The van der Waals surface area contributed by atoms with Crippen LogP contribution < -0.4 is 5.32 Å². The van der Waals surface area contributed by atoms with E-state index in [1.807, 2.05) is 13.0 Å². The van der Waals surface area contributed by atoms with Gasteiger partial charge < -0.3 is 5.32 Å². The average molecular weight is 296 g/mol. The van der Waals surface area contributed by atoms with E-state index in [1.54, 1.807) is 25.3 Å². The third-order valence-electron chi connectivity index (χ3n) is 3.22. The van der Waals surface area contributed by atoms with E-state index < -0.39 is 10.0 Å². The zero-order valence-electron chi connectivity index (χ0n) is 12.5. The number of nitrogens with one attached hydrogen (secondary N) is 1. The molecule has 0 aromatic heterocycles. The first-order valence-electron chi connectivity index (χ1n) is 6.87. The quantitative estimate of drug-likeness (QED) is 0.748. The smallest absolute Gasteiger partial charge is 0.243 e. The molecule has 4 nitrogen and oxygen atoms in total. The van der Waals surface area contributed by atoms with E-state index in [0.29, 0.717) is 18.0 Å². The van der Waals surface area contributed by atoms with E-state index >= 15 is 0 Å². The predicted octanol–water partition coefficient (Wildman–Crippen LogP) is 2.17. The molecule has 0 bridgehead atoms. The lowest BCUT2D eigenvalue weighted by Gasteiger charge is -2.17. The minimum atomic E-state index is -3.44. The second-order valence-corrected chi connectivity index (χ2v) is 6.68. The summed E-state index contributed by atoms with van der Waals surface area (Å²) in [5.74, 6) is 0. The van der Waals surface area contributed by atoms with Gasteiger partial charge in [-0.05, 0) is 36.2 Å². The van der Waals surface area contributed by atoms with Gasteiger partial charge in [-0.15, -0.1) is 6.58 Å². The van der Waals surface area contributed by atoms with Crippen molar-refractivity contribution in [1.29, 1.82) is 0 Å². The Labute approximate surface area is 122 Å². The third-order valence-corrected chi connectivity index (χ3v) is 5.04. The maximum Gasteiger partial charge on any atom is 0.243 e. The van der Waals surface area contributed by atoms with E-state index in [1.165, 1.54) is 9.87 Å². The SMILES string of the molecule is C=CCN(C)S(=O)(=O)c1ccc(CC)c(CNCC)c1. The summed E-state index contributed by atoms with van der Waals surface area (Å²) in [6, 6.07) is 5.36. The molecule has 0 aliphatic rings. The van der Waals surface area contributed by atoms with Crippen molar-refractivity contribution in [1.82, 2.24) is 9.62 Å². The van der Waals surface area contributed by atoms with Crippen LogP contribution in [0.25, 0.3) is 0 Å². The molecule has 0 aliphatic carbocycles. The molecular formula is C15H24N2O2S. The summed E-state index contributed by atoms with van der Waals surface area (Å²) in [6.45, 7) is 9.53. The lowest BCUT2D eigenvalue weighted by atomic mass is 10.1. The number of nitrogens with zero attached hydrogens (tertiary/aromatic N) is 1. The Morgan fingerprint density at radius 3 is 2.55 bits per heavy atom. The number of aryl methyl sites for hydroxylation is 1. The van der Waals surface area contributed by atoms with Crippen LogP contribution in [0.2, 0.25) is 0 Å². The average Bonchev–Trinajstić information content (AvgIpc) is 2.44. The van der Waals surface area contributed by atoms with Gasteiger partial charge in [-0.3, -0.25) is 0 Å². The molecule has 112 valence electrons. The molecule has 1 N–H and O–H groups in total. The number of likely N-dealkylation sites (N-methyl/N-ethyl adjacent to an activating group) is 1. The fraction of sp³-hybridized carbons (Fsp3) is 0.467. The van der Waals surface area contributed by atoms with Crippen molar-refractivity contribution in [2.45, 2.75) is 31.7 Å². The zero-order chi connectivity index (χ0) is 15.2. The largest absolute Gasteiger partial charge is 0.313 e. The molecular weight excluding hydrogens is 272 g/mol. The molecule has 0 spiro atoms. The molecule has 0 saturated heterocycles. The van der Waals surface area contributed by atoms with Crippen LogP contribution in [-0.4, -0.2) is 32.9 Å². The summed E-state index contributed by atoms with van der Waals surface area (Å²) < 4.78 is 26.1. The first-order chi connectivity index (χ1) is 9.47. The molecule has 0 aliphatic heterocycles. The second-order valence-electron chi connectivity index (χ2n) is 4.64. The van der Waals surface area contributed by atoms with Crippen LogP contribution in [-0.2, 0) is 23.0 Å². The summed E-state index contributed by atoms with van der Waals surface area (Å²) in [7, 11) is -1.88. The minimum absolute atomic E-state index is 0.306. The van der Waals surface area contributed by atoms with Crippen molar-refractivity contribution in [3.8, 4) is 0 Å². The molecule has 0 fully saturated rings. The van der Waals surface area contributed by atoms with Gasteiger partial charge in [-0.2, -0.15) is 4.31 Å². The first kappa shape index (κ1) is 16.9. The van der Waals surface area contributed by atoms with Gasteiger partial charge in [0.25, 0.3) is 0 Å². The molecule has 0 atom stereocenters. The summed E-state index contributed by atoms with van der Waals surface area (Å²) in [6.07, 6.45) is 2.47. The van der Waals surface area contributed by atoms with Crippen LogP contribution in [0.1, 0.15) is 25.0 Å². The van der Waals surface area contributed by atoms with E-state index in [9.17, 15) is 8.42 Å². The Morgan fingerprint density at radius 2 is 2.00 bits per heavy atom. The van der Waals surface area contributed by atoms with Gasteiger partial charge in [0.15, 0.2) is 0 Å². The highest BCUT2D eigenvalue weighted by Gasteiger charge is 2.20. The fourth-order valence-electron chi connectivity index (χ4n) is 1.99. The minimum Gasteiger partial charge on any atom is -0.313 e. The molecule has 0 heterocycles. The third kappa shape index (κ3) is 3.91. The Bertz CT molecular complexity index is 553. The van der Waals surface area contributed by atoms with E-state index in [2.05, 4.69) is 18.8 Å². The van der Waals surface area contributed by atoms with E-state index in [0.717, 1.165) is 18.5 Å². The van der Waals surface area contributed by atoms with Gasteiger partial charge in [0.2, 0.25) is 10.0 Å². The molecule has 0 unspecified atom stereocenters. The Kier molecular flexibility index (Phi) is 6.39. The molecule has 1 aromatic rings. The van der Waals surface area contributed by atoms with Gasteiger partial charge in [0, 0.05) is 20.1 Å². The van der Waals surface area contributed by atoms with Crippen LogP contribution in [0.5, 0.6) is 0 Å².